The summed E-state index contributed by atoms with van der Waals surface area (Å²) >= 11 is 1.12. The molecule has 0 aliphatic heterocycles. The second kappa shape index (κ2) is 5.77. The van der Waals surface area contributed by atoms with Crippen molar-refractivity contribution < 1.29 is 9.21 Å². The lowest BCUT2D eigenvalue weighted by Gasteiger charge is -2.17. The van der Waals surface area contributed by atoms with E-state index in [-0.39, 0.29) is 17.4 Å². The van der Waals surface area contributed by atoms with E-state index in [0.29, 0.717) is 4.88 Å². The van der Waals surface area contributed by atoms with Gasteiger partial charge in [0.05, 0.1) is 11.7 Å². The van der Waals surface area contributed by atoms with Gasteiger partial charge in [-0.1, -0.05) is 43.5 Å². The molecule has 0 radical (unpaired) electrons. The number of rotatable bonds is 3. The first-order valence-electron chi connectivity index (χ1n) is 7.48. The van der Waals surface area contributed by atoms with Crippen LogP contribution in [0.4, 0.5) is 0 Å². The van der Waals surface area contributed by atoms with Crippen LogP contribution in [-0.2, 0) is 5.41 Å². The van der Waals surface area contributed by atoms with E-state index >= 15 is 0 Å². The number of para-hydroxylation sites is 1. The van der Waals surface area contributed by atoms with Crippen molar-refractivity contribution in [1.29, 1.82) is 0 Å². The van der Waals surface area contributed by atoms with Gasteiger partial charge in [-0.05, 0) is 30.6 Å². The van der Waals surface area contributed by atoms with E-state index in [2.05, 4.69) is 14.9 Å². The average Bonchev–Trinajstić information content (AvgIpc) is 3.13. The van der Waals surface area contributed by atoms with E-state index < -0.39 is 0 Å². The summed E-state index contributed by atoms with van der Waals surface area (Å²) in [4.78, 5) is 13.1. The number of hydrogen-bond acceptors (Lipinski definition) is 5. The summed E-state index contributed by atoms with van der Waals surface area (Å²) in [6.07, 6.45) is 0. The lowest BCUT2D eigenvalue weighted by molar-refractivity contribution is 0.0937. The van der Waals surface area contributed by atoms with Crippen LogP contribution >= 0.6 is 11.5 Å². The van der Waals surface area contributed by atoms with Crippen molar-refractivity contribution in [3.05, 3.63) is 46.7 Å². The molecule has 1 atom stereocenters. The summed E-state index contributed by atoms with van der Waals surface area (Å²) in [7, 11) is 0. The number of nitrogens with zero attached hydrogens (tertiary/aromatic N) is 2. The van der Waals surface area contributed by atoms with E-state index in [9.17, 15) is 4.79 Å². The minimum absolute atomic E-state index is 0.169. The minimum atomic E-state index is -0.232. The topological polar surface area (TPSA) is 68.0 Å². The van der Waals surface area contributed by atoms with Crippen molar-refractivity contribution in [2.75, 3.05) is 0 Å². The monoisotopic (exact) mass is 329 g/mol. The number of benzene rings is 1. The standard InChI is InChI=1S/C17H19N3O2S/c1-10(13-9-11-7-5-6-8-12(11)22-13)18-16(21)14-15(17(2,3)4)19-20-23-14/h5-10H,1-4H3,(H,18,21)/t10-/m1/s1. The first kappa shape index (κ1) is 15.7. The molecule has 0 aliphatic carbocycles. The van der Waals surface area contributed by atoms with Gasteiger partial charge in [-0.3, -0.25) is 4.79 Å². The fraction of sp³-hybridized carbons (Fsp3) is 0.353. The summed E-state index contributed by atoms with van der Waals surface area (Å²) in [6, 6.07) is 9.52. The van der Waals surface area contributed by atoms with Crippen LogP contribution in [0, 0.1) is 0 Å². The fourth-order valence-corrected chi connectivity index (χ4v) is 3.16. The molecule has 6 heteroatoms. The van der Waals surface area contributed by atoms with Crippen molar-refractivity contribution in [1.82, 2.24) is 14.9 Å². The second-order valence-electron chi connectivity index (χ2n) is 6.58. The van der Waals surface area contributed by atoms with Crippen LogP contribution < -0.4 is 5.32 Å². The molecule has 0 saturated heterocycles. The smallest absolute Gasteiger partial charge is 0.265 e. The molecule has 0 bridgehead atoms. The Balaban J connectivity index is 1.81. The van der Waals surface area contributed by atoms with Gasteiger partial charge < -0.3 is 9.73 Å². The number of hydrogen-bond donors (Lipinski definition) is 1. The Hall–Kier alpha value is -2.21. The lowest BCUT2D eigenvalue weighted by Crippen LogP contribution is -2.28. The molecule has 1 amide bonds. The van der Waals surface area contributed by atoms with Gasteiger partial charge in [-0.25, -0.2) is 0 Å². The van der Waals surface area contributed by atoms with Gasteiger partial charge in [-0.15, -0.1) is 5.10 Å². The van der Waals surface area contributed by atoms with E-state index in [1.165, 1.54) is 0 Å². The predicted molar refractivity (Wildman–Crippen MR) is 90.7 cm³/mol. The van der Waals surface area contributed by atoms with E-state index in [1.54, 1.807) is 0 Å². The van der Waals surface area contributed by atoms with E-state index in [1.807, 2.05) is 58.0 Å². The van der Waals surface area contributed by atoms with Crippen molar-refractivity contribution in [2.45, 2.75) is 39.2 Å². The summed E-state index contributed by atoms with van der Waals surface area (Å²) < 4.78 is 9.73. The highest BCUT2D eigenvalue weighted by atomic mass is 32.1. The first-order valence-corrected chi connectivity index (χ1v) is 8.26. The molecule has 23 heavy (non-hydrogen) atoms. The number of amides is 1. The highest BCUT2D eigenvalue weighted by molar-refractivity contribution is 7.08. The second-order valence-corrected chi connectivity index (χ2v) is 7.34. The van der Waals surface area contributed by atoms with Crippen LogP contribution in [0.1, 0.15) is 54.9 Å². The summed E-state index contributed by atoms with van der Waals surface area (Å²) in [5.74, 6) is 0.562. The van der Waals surface area contributed by atoms with Crippen LogP contribution in [0.15, 0.2) is 34.7 Å². The van der Waals surface area contributed by atoms with Gasteiger partial charge >= 0.3 is 0 Å². The molecule has 0 saturated carbocycles. The largest absolute Gasteiger partial charge is 0.459 e. The number of aromatic nitrogens is 2. The Morgan fingerprint density at radius 3 is 2.74 bits per heavy atom. The average molecular weight is 329 g/mol. The third-order valence-electron chi connectivity index (χ3n) is 3.62. The predicted octanol–water partition coefficient (Wildman–Crippen LogP) is 4.07. The SMILES string of the molecule is C[C@@H](NC(=O)c1snnc1C(C)(C)C)c1cc2ccccc2o1. The first-order chi connectivity index (χ1) is 10.9. The van der Waals surface area contributed by atoms with E-state index in [0.717, 1.165) is 34.0 Å². The Bertz CT molecular complexity index is 812. The van der Waals surface area contributed by atoms with Gasteiger partial charge in [0.1, 0.15) is 16.2 Å². The fourth-order valence-electron chi connectivity index (χ4n) is 2.38. The maximum atomic E-state index is 12.5. The molecule has 1 N–H and O–H groups in total. The van der Waals surface area contributed by atoms with Crippen molar-refractivity contribution in [2.24, 2.45) is 0 Å². The maximum Gasteiger partial charge on any atom is 0.265 e. The number of carbonyl (C=O) groups is 1. The summed E-state index contributed by atoms with van der Waals surface area (Å²) in [5.41, 5.74) is 1.32. The molecule has 1 aromatic carbocycles. The van der Waals surface area contributed by atoms with Crippen molar-refractivity contribution >= 4 is 28.4 Å². The normalized spacial score (nSPS) is 13.2. The summed E-state index contributed by atoms with van der Waals surface area (Å²) in [6.45, 7) is 7.95. The number of nitrogens with one attached hydrogen (secondary N) is 1. The molecule has 0 aliphatic rings. The third-order valence-corrected chi connectivity index (χ3v) is 4.35. The lowest BCUT2D eigenvalue weighted by atomic mass is 9.91. The van der Waals surface area contributed by atoms with E-state index in [4.69, 9.17) is 4.42 Å². The molecule has 2 aromatic heterocycles. The molecule has 120 valence electrons. The number of carbonyl (C=O) groups excluding carboxylic acids is 1. The van der Waals surface area contributed by atoms with Gasteiger partial charge in [0.15, 0.2) is 0 Å². The summed E-state index contributed by atoms with van der Waals surface area (Å²) in [5, 5.41) is 8.10. The molecular formula is C17H19N3O2S. The van der Waals surface area contributed by atoms with Crippen LogP contribution in [0.5, 0.6) is 0 Å². The Kier molecular flexibility index (Phi) is 3.93. The molecule has 0 fully saturated rings. The molecule has 0 unspecified atom stereocenters. The molecule has 3 rings (SSSR count). The quantitative estimate of drug-likeness (QED) is 0.786. The van der Waals surface area contributed by atoms with Gasteiger partial charge in [-0.2, -0.15) is 0 Å². The third kappa shape index (κ3) is 3.12. The van der Waals surface area contributed by atoms with Crippen molar-refractivity contribution in [3.8, 4) is 0 Å². The minimum Gasteiger partial charge on any atom is -0.459 e. The maximum absolute atomic E-state index is 12.5. The van der Waals surface area contributed by atoms with Crippen molar-refractivity contribution in [3.63, 3.8) is 0 Å². The van der Waals surface area contributed by atoms with Gasteiger partial charge in [0, 0.05) is 10.8 Å². The number of fused-ring (bicyclic) bond motifs is 1. The molecule has 2 heterocycles. The van der Waals surface area contributed by atoms with Crippen LogP contribution in [0.3, 0.4) is 0 Å². The van der Waals surface area contributed by atoms with Crippen LogP contribution in [-0.4, -0.2) is 15.5 Å². The Labute approximate surface area is 138 Å². The van der Waals surface area contributed by atoms with Gasteiger partial charge in [0.25, 0.3) is 5.91 Å². The highest BCUT2D eigenvalue weighted by Crippen LogP contribution is 2.27. The Morgan fingerprint density at radius 1 is 1.30 bits per heavy atom. The zero-order valence-corrected chi connectivity index (χ0v) is 14.4. The zero-order valence-electron chi connectivity index (χ0n) is 13.6. The Morgan fingerprint density at radius 2 is 2.04 bits per heavy atom. The zero-order chi connectivity index (χ0) is 16.6. The molecule has 0 spiro atoms. The molecular weight excluding hydrogens is 310 g/mol. The molecule has 3 aromatic rings. The van der Waals surface area contributed by atoms with Crippen LogP contribution in [0.25, 0.3) is 11.0 Å². The molecule has 5 nitrogen and oxygen atoms in total. The van der Waals surface area contributed by atoms with Gasteiger partial charge in [0.2, 0.25) is 0 Å². The van der Waals surface area contributed by atoms with Crippen LogP contribution in [0.2, 0.25) is 0 Å². The number of furan rings is 1. The highest BCUT2D eigenvalue weighted by Gasteiger charge is 2.27.